The third-order valence-corrected chi connectivity index (χ3v) is 3.14. The molecule has 0 saturated heterocycles. The zero-order valence-electron chi connectivity index (χ0n) is 9.68. The van der Waals surface area contributed by atoms with Gasteiger partial charge < -0.3 is 5.11 Å². The van der Waals surface area contributed by atoms with Gasteiger partial charge in [-0.25, -0.2) is 0 Å². The standard InChI is InChI=1S/C13H14N2OS/c1-11-5-6-15(14-11)9-13-8-12(10-17-13)4-2-3-7-16/h5-6,8,10,16H,3,7,9H2,1H3. The van der Waals surface area contributed by atoms with Gasteiger partial charge in [0, 0.05) is 28.4 Å². The highest BCUT2D eigenvalue weighted by Crippen LogP contribution is 2.15. The van der Waals surface area contributed by atoms with E-state index in [2.05, 4.69) is 23.0 Å². The number of thiophene rings is 1. The quantitative estimate of drug-likeness (QED) is 0.842. The Morgan fingerprint density at radius 1 is 1.53 bits per heavy atom. The first-order valence-electron chi connectivity index (χ1n) is 5.45. The van der Waals surface area contributed by atoms with E-state index in [1.54, 1.807) is 11.3 Å². The van der Waals surface area contributed by atoms with E-state index >= 15 is 0 Å². The number of aromatic nitrogens is 2. The van der Waals surface area contributed by atoms with Crippen LogP contribution in [0.5, 0.6) is 0 Å². The maximum absolute atomic E-state index is 8.64. The summed E-state index contributed by atoms with van der Waals surface area (Å²) in [6.07, 6.45) is 2.51. The van der Waals surface area contributed by atoms with E-state index in [4.69, 9.17) is 5.11 Å². The van der Waals surface area contributed by atoms with Crippen LogP contribution in [0.25, 0.3) is 0 Å². The first kappa shape index (κ1) is 11.9. The van der Waals surface area contributed by atoms with Gasteiger partial charge in [-0.1, -0.05) is 11.8 Å². The van der Waals surface area contributed by atoms with Gasteiger partial charge >= 0.3 is 0 Å². The molecule has 0 fully saturated rings. The average Bonchev–Trinajstić information content (AvgIpc) is 2.90. The van der Waals surface area contributed by atoms with Crippen molar-refractivity contribution in [1.29, 1.82) is 0 Å². The number of aryl methyl sites for hydroxylation is 1. The number of aliphatic hydroxyl groups excluding tert-OH is 1. The van der Waals surface area contributed by atoms with Crippen molar-refractivity contribution < 1.29 is 5.11 Å². The highest BCUT2D eigenvalue weighted by molar-refractivity contribution is 7.10. The Bertz CT molecular complexity index is 545. The predicted octanol–water partition coefficient (Wildman–Crippen LogP) is 2.04. The molecule has 1 N–H and O–H groups in total. The maximum Gasteiger partial charge on any atom is 0.0752 e. The van der Waals surface area contributed by atoms with Crippen molar-refractivity contribution in [3.8, 4) is 11.8 Å². The van der Waals surface area contributed by atoms with Gasteiger partial charge in [0.2, 0.25) is 0 Å². The number of hydrogen-bond donors (Lipinski definition) is 1. The molecule has 0 aromatic carbocycles. The molecule has 0 spiro atoms. The minimum absolute atomic E-state index is 0.122. The van der Waals surface area contributed by atoms with E-state index in [9.17, 15) is 0 Å². The minimum Gasteiger partial charge on any atom is -0.395 e. The van der Waals surface area contributed by atoms with Gasteiger partial charge in [-0.2, -0.15) is 5.10 Å². The van der Waals surface area contributed by atoms with Gasteiger partial charge in [-0.05, 0) is 19.1 Å². The molecule has 0 radical (unpaired) electrons. The molecule has 2 rings (SSSR count). The van der Waals surface area contributed by atoms with Crippen LogP contribution in [0, 0.1) is 18.8 Å². The number of nitrogens with zero attached hydrogens (tertiary/aromatic N) is 2. The van der Waals surface area contributed by atoms with Crippen LogP contribution in [0.15, 0.2) is 23.7 Å². The zero-order chi connectivity index (χ0) is 12.1. The molecule has 88 valence electrons. The third-order valence-electron chi connectivity index (χ3n) is 2.22. The molecule has 0 aliphatic heterocycles. The predicted molar refractivity (Wildman–Crippen MR) is 69.0 cm³/mol. The Labute approximate surface area is 105 Å². The average molecular weight is 246 g/mol. The van der Waals surface area contributed by atoms with Gasteiger partial charge in [0.05, 0.1) is 18.8 Å². The number of aliphatic hydroxyl groups is 1. The number of rotatable bonds is 3. The summed E-state index contributed by atoms with van der Waals surface area (Å²) in [4.78, 5) is 1.24. The minimum atomic E-state index is 0.122. The molecule has 0 saturated carbocycles. The maximum atomic E-state index is 8.64. The summed E-state index contributed by atoms with van der Waals surface area (Å²) in [5, 5.41) is 15.0. The van der Waals surface area contributed by atoms with Crippen molar-refractivity contribution in [2.24, 2.45) is 0 Å². The lowest BCUT2D eigenvalue weighted by molar-refractivity contribution is 0.305. The highest BCUT2D eigenvalue weighted by atomic mass is 32.1. The third kappa shape index (κ3) is 3.45. The van der Waals surface area contributed by atoms with Crippen molar-refractivity contribution in [3.05, 3.63) is 39.8 Å². The molecule has 3 nitrogen and oxygen atoms in total. The Morgan fingerprint density at radius 2 is 2.41 bits per heavy atom. The Kier molecular flexibility index (Phi) is 3.97. The summed E-state index contributed by atoms with van der Waals surface area (Å²) >= 11 is 1.69. The van der Waals surface area contributed by atoms with Gasteiger partial charge in [0.15, 0.2) is 0 Å². The molecule has 2 aromatic heterocycles. The smallest absolute Gasteiger partial charge is 0.0752 e. The normalized spacial score (nSPS) is 10.0. The molecule has 0 bridgehead atoms. The van der Waals surface area contributed by atoms with Crippen molar-refractivity contribution in [1.82, 2.24) is 9.78 Å². The second-order valence-electron chi connectivity index (χ2n) is 3.73. The summed E-state index contributed by atoms with van der Waals surface area (Å²) in [6.45, 7) is 2.90. The van der Waals surface area contributed by atoms with Crippen molar-refractivity contribution in [2.45, 2.75) is 19.9 Å². The van der Waals surface area contributed by atoms with Crippen LogP contribution in [0.2, 0.25) is 0 Å². The van der Waals surface area contributed by atoms with Gasteiger partial charge in [-0.3, -0.25) is 4.68 Å². The largest absolute Gasteiger partial charge is 0.395 e. The molecule has 2 aromatic rings. The van der Waals surface area contributed by atoms with Crippen LogP contribution in [0.4, 0.5) is 0 Å². The Hall–Kier alpha value is -1.57. The summed E-state index contributed by atoms with van der Waals surface area (Å²) in [6, 6.07) is 4.07. The van der Waals surface area contributed by atoms with Crippen LogP contribution in [-0.2, 0) is 6.54 Å². The first-order valence-corrected chi connectivity index (χ1v) is 6.33. The lowest BCUT2D eigenvalue weighted by Gasteiger charge is -1.96. The van der Waals surface area contributed by atoms with Crippen molar-refractivity contribution in [2.75, 3.05) is 6.61 Å². The highest BCUT2D eigenvalue weighted by Gasteiger charge is 2.00. The van der Waals surface area contributed by atoms with E-state index in [1.165, 1.54) is 4.88 Å². The van der Waals surface area contributed by atoms with E-state index in [-0.39, 0.29) is 6.61 Å². The lowest BCUT2D eigenvalue weighted by Crippen LogP contribution is -1.98. The van der Waals surface area contributed by atoms with Crippen LogP contribution in [0.1, 0.15) is 22.6 Å². The topological polar surface area (TPSA) is 38.0 Å². The van der Waals surface area contributed by atoms with Crippen molar-refractivity contribution >= 4 is 11.3 Å². The van der Waals surface area contributed by atoms with E-state index in [0.717, 1.165) is 17.8 Å². The molecule has 0 amide bonds. The lowest BCUT2D eigenvalue weighted by atomic mass is 10.3. The molecule has 0 unspecified atom stereocenters. The SMILES string of the molecule is Cc1ccn(Cc2cc(C#CCCO)cs2)n1. The summed E-state index contributed by atoms with van der Waals surface area (Å²) < 4.78 is 1.92. The molecule has 2 heterocycles. The van der Waals surface area contributed by atoms with Crippen LogP contribution >= 0.6 is 11.3 Å². The molecular formula is C13H14N2OS. The Balaban J connectivity index is 2.02. The second kappa shape index (κ2) is 5.67. The van der Waals surface area contributed by atoms with Crippen LogP contribution in [0.3, 0.4) is 0 Å². The fourth-order valence-corrected chi connectivity index (χ4v) is 2.27. The summed E-state index contributed by atoms with van der Waals surface area (Å²) in [5.74, 6) is 5.94. The van der Waals surface area contributed by atoms with Crippen molar-refractivity contribution in [3.63, 3.8) is 0 Å². The molecule has 0 aliphatic carbocycles. The fraction of sp³-hybridized carbons (Fsp3) is 0.308. The van der Waals surface area contributed by atoms with E-state index < -0.39 is 0 Å². The molecule has 0 atom stereocenters. The molecule has 0 aliphatic rings. The molecule has 17 heavy (non-hydrogen) atoms. The van der Waals surface area contributed by atoms with Crippen LogP contribution < -0.4 is 0 Å². The van der Waals surface area contributed by atoms with E-state index in [1.807, 2.05) is 29.2 Å². The van der Waals surface area contributed by atoms with Gasteiger partial charge in [-0.15, -0.1) is 11.3 Å². The molecule has 4 heteroatoms. The van der Waals surface area contributed by atoms with Crippen LogP contribution in [-0.4, -0.2) is 21.5 Å². The Morgan fingerprint density at radius 3 is 3.12 bits per heavy atom. The monoisotopic (exact) mass is 246 g/mol. The number of hydrogen-bond acceptors (Lipinski definition) is 3. The first-order chi connectivity index (χ1) is 8.28. The summed E-state index contributed by atoms with van der Waals surface area (Å²) in [7, 11) is 0. The van der Waals surface area contributed by atoms with Gasteiger partial charge in [0.1, 0.15) is 0 Å². The fourth-order valence-electron chi connectivity index (χ4n) is 1.46. The van der Waals surface area contributed by atoms with Gasteiger partial charge in [0.25, 0.3) is 0 Å². The van der Waals surface area contributed by atoms with E-state index in [0.29, 0.717) is 6.42 Å². The second-order valence-corrected chi connectivity index (χ2v) is 4.73. The summed E-state index contributed by atoms with van der Waals surface area (Å²) in [5.41, 5.74) is 2.05. The zero-order valence-corrected chi connectivity index (χ0v) is 10.5. The molecular weight excluding hydrogens is 232 g/mol.